The lowest BCUT2D eigenvalue weighted by atomic mass is 9.60. The fourth-order valence-electron chi connectivity index (χ4n) is 6.89. The van der Waals surface area contributed by atoms with Crippen LogP contribution in [-0.4, -0.2) is 7.11 Å². The van der Waals surface area contributed by atoms with Crippen LogP contribution >= 0.6 is 0 Å². The summed E-state index contributed by atoms with van der Waals surface area (Å²) in [6.45, 7) is 2.36. The van der Waals surface area contributed by atoms with Crippen molar-refractivity contribution in [1.82, 2.24) is 0 Å². The van der Waals surface area contributed by atoms with Crippen molar-refractivity contribution in [3.63, 3.8) is 0 Å². The summed E-state index contributed by atoms with van der Waals surface area (Å²) in [6.07, 6.45) is 17.9. The van der Waals surface area contributed by atoms with Gasteiger partial charge in [-0.2, -0.15) is 0 Å². The van der Waals surface area contributed by atoms with E-state index in [2.05, 4.69) is 31.2 Å². The standard InChI is InChI=1S/C26H40O/c1-3-4-19-5-7-20(8-6-19)22-9-11-25-18-23(10-12-24(25)17-22)21-13-15-26(27-2)16-14-21/h13-16,19-20,22-25H,3-12,17-18H2,1-2H3/t19-,20-,22-,23-,24-,25-/m1/s1. The highest BCUT2D eigenvalue weighted by atomic mass is 16.5. The normalized spacial score (nSPS) is 36.8. The molecule has 0 N–H and O–H groups in total. The van der Waals surface area contributed by atoms with Crippen LogP contribution in [0.2, 0.25) is 0 Å². The zero-order chi connectivity index (χ0) is 18.6. The van der Waals surface area contributed by atoms with Crippen molar-refractivity contribution >= 4 is 0 Å². The van der Waals surface area contributed by atoms with E-state index in [1.165, 1.54) is 57.8 Å². The Balaban J connectivity index is 1.29. The Morgan fingerprint density at radius 2 is 1.33 bits per heavy atom. The van der Waals surface area contributed by atoms with Crippen LogP contribution in [0.15, 0.2) is 24.3 Å². The predicted molar refractivity (Wildman–Crippen MR) is 114 cm³/mol. The van der Waals surface area contributed by atoms with Gasteiger partial charge in [-0.05, 0) is 105 Å². The molecule has 0 aromatic heterocycles. The Bertz CT molecular complexity index is 568. The zero-order valence-electron chi connectivity index (χ0n) is 17.7. The maximum absolute atomic E-state index is 5.33. The third-order valence-corrected chi connectivity index (χ3v) is 8.50. The van der Waals surface area contributed by atoms with E-state index < -0.39 is 0 Å². The van der Waals surface area contributed by atoms with Gasteiger partial charge >= 0.3 is 0 Å². The average Bonchev–Trinajstić information content (AvgIpc) is 2.74. The second-order valence-electron chi connectivity index (χ2n) is 9.95. The first-order valence-corrected chi connectivity index (χ1v) is 11.9. The number of benzene rings is 1. The van der Waals surface area contributed by atoms with E-state index in [0.717, 1.165) is 41.3 Å². The van der Waals surface area contributed by atoms with Crippen molar-refractivity contribution in [2.75, 3.05) is 7.11 Å². The number of methoxy groups -OCH3 is 1. The molecule has 0 aliphatic heterocycles. The summed E-state index contributed by atoms with van der Waals surface area (Å²) in [5, 5.41) is 0. The summed E-state index contributed by atoms with van der Waals surface area (Å²) in [7, 11) is 1.76. The van der Waals surface area contributed by atoms with E-state index in [-0.39, 0.29) is 0 Å². The Hall–Kier alpha value is -0.980. The van der Waals surface area contributed by atoms with Crippen LogP contribution in [0.4, 0.5) is 0 Å². The number of ether oxygens (including phenoxy) is 1. The highest BCUT2D eigenvalue weighted by molar-refractivity contribution is 5.29. The average molecular weight is 369 g/mol. The molecule has 3 aliphatic carbocycles. The summed E-state index contributed by atoms with van der Waals surface area (Å²) in [5.74, 6) is 7.00. The van der Waals surface area contributed by atoms with Gasteiger partial charge in [0.25, 0.3) is 0 Å². The van der Waals surface area contributed by atoms with Crippen LogP contribution in [-0.2, 0) is 0 Å². The van der Waals surface area contributed by atoms with Gasteiger partial charge in [-0.25, -0.2) is 0 Å². The molecule has 1 nitrogen and oxygen atoms in total. The first-order valence-electron chi connectivity index (χ1n) is 11.9. The van der Waals surface area contributed by atoms with Crippen LogP contribution in [0.1, 0.15) is 95.5 Å². The molecule has 27 heavy (non-hydrogen) atoms. The van der Waals surface area contributed by atoms with Crippen molar-refractivity contribution in [2.24, 2.45) is 29.6 Å². The molecular weight excluding hydrogens is 328 g/mol. The maximum atomic E-state index is 5.33. The van der Waals surface area contributed by atoms with E-state index in [0.29, 0.717) is 0 Å². The third kappa shape index (κ3) is 4.54. The molecule has 1 heteroatoms. The van der Waals surface area contributed by atoms with E-state index >= 15 is 0 Å². The Morgan fingerprint density at radius 1 is 0.741 bits per heavy atom. The SMILES string of the molecule is CCC[C@H]1CC[C@H]([C@@H]2CC[C@@H]3C[C@H](c4ccc(OC)cc4)CC[C@@H]3C2)CC1. The molecular formula is C26H40O. The van der Waals surface area contributed by atoms with Crippen LogP contribution in [0.25, 0.3) is 0 Å². The highest BCUT2D eigenvalue weighted by Gasteiger charge is 2.38. The summed E-state index contributed by atoms with van der Waals surface area (Å²) in [4.78, 5) is 0. The van der Waals surface area contributed by atoms with Gasteiger partial charge in [-0.15, -0.1) is 0 Å². The Labute approximate surface area is 167 Å². The molecule has 1 aromatic carbocycles. The molecule has 0 spiro atoms. The summed E-state index contributed by atoms with van der Waals surface area (Å²) < 4.78 is 5.33. The highest BCUT2D eigenvalue weighted by Crippen LogP contribution is 2.51. The molecule has 3 fully saturated rings. The molecule has 4 atom stereocenters. The molecule has 3 saturated carbocycles. The van der Waals surface area contributed by atoms with Gasteiger partial charge in [0.15, 0.2) is 0 Å². The lowest BCUT2D eigenvalue weighted by Crippen LogP contribution is -2.34. The van der Waals surface area contributed by atoms with Crippen molar-refractivity contribution in [1.29, 1.82) is 0 Å². The summed E-state index contributed by atoms with van der Waals surface area (Å²) in [6, 6.07) is 8.91. The van der Waals surface area contributed by atoms with Crippen molar-refractivity contribution in [3.05, 3.63) is 29.8 Å². The van der Waals surface area contributed by atoms with Crippen LogP contribution in [0.3, 0.4) is 0 Å². The predicted octanol–water partition coefficient (Wildman–Crippen LogP) is 7.60. The van der Waals surface area contributed by atoms with Crippen LogP contribution in [0.5, 0.6) is 5.75 Å². The van der Waals surface area contributed by atoms with Crippen LogP contribution < -0.4 is 4.74 Å². The van der Waals surface area contributed by atoms with E-state index in [1.807, 2.05) is 0 Å². The first-order chi connectivity index (χ1) is 13.3. The topological polar surface area (TPSA) is 9.23 Å². The first kappa shape index (κ1) is 19.3. The maximum Gasteiger partial charge on any atom is 0.118 e. The fourth-order valence-corrected chi connectivity index (χ4v) is 6.89. The van der Waals surface area contributed by atoms with Gasteiger partial charge in [0.2, 0.25) is 0 Å². The third-order valence-electron chi connectivity index (χ3n) is 8.50. The van der Waals surface area contributed by atoms with Gasteiger partial charge in [0.05, 0.1) is 7.11 Å². The van der Waals surface area contributed by atoms with Crippen LogP contribution in [0, 0.1) is 29.6 Å². The van der Waals surface area contributed by atoms with Gasteiger partial charge < -0.3 is 4.74 Å². The minimum Gasteiger partial charge on any atom is -0.497 e. The molecule has 1 aromatic rings. The monoisotopic (exact) mass is 368 g/mol. The Morgan fingerprint density at radius 3 is 2.00 bits per heavy atom. The van der Waals surface area contributed by atoms with Gasteiger partial charge in [0.1, 0.15) is 5.75 Å². The van der Waals surface area contributed by atoms with Gasteiger partial charge in [-0.1, -0.05) is 44.7 Å². The molecule has 0 bridgehead atoms. The Kier molecular flexibility index (Phi) is 6.46. The minimum absolute atomic E-state index is 0.790. The largest absolute Gasteiger partial charge is 0.497 e. The molecule has 0 unspecified atom stereocenters. The molecule has 3 aliphatic rings. The second-order valence-corrected chi connectivity index (χ2v) is 9.95. The molecule has 4 rings (SSSR count). The van der Waals surface area contributed by atoms with Gasteiger partial charge in [-0.3, -0.25) is 0 Å². The van der Waals surface area contributed by atoms with Crippen molar-refractivity contribution in [2.45, 2.75) is 89.9 Å². The zero-order valence-corrected chi connectivity index (χ0v) is 17.7. The minimum atomic E-state index is 0.790. The lowest BCUT2D eigenvalue weighted by Gasteiger charge is -2.45. The number of fused-ring (bicyclic) bond motifs is 1. The van der Waals surface area contributed by atoms with Crippen molar-refractivity contribution < 1.29 is 4.74 Å². The number of hydrogen-bond donors (Lipinski definition) is 0. The summed E-state index contributed by atoms with van der Waals surface area (Å²) in [5.41, 5.74) is 1.55. The van der Waals surface area contributed by atoms with Crippen molar-refractivity contribution in [3.8, 4) is 5.75 Å². The molecule has 0 radical (unpaired) electrons. The number of rotatable bonds is 5. The lowest BCUT2D eigenvalue weighted by molar-refractivity contribution is 0.0712. The number of hydrogen-bond acceptors (Lipinski definition) is 1. The quantitative estimate of drug-likeness (QED) is 0.520. The molecule has 0 amide bonds. The van der Waals surface area contributed by atoms with E-state index in [9.17, 15) is 0 Å². The van der Waals surface area contributed by atoms with E-state index in [4.69, 9.17) is 4.74 Å². The van der Waals surface area contributed by atoms with Gasteiger partial charge in [0, 0.05) is 0 Å². The smallest absolute Gasteiger partial charge is 0.118 e. The second kappa shape index (κ2) is 9.01. The molecule has 150 valence electrons. The van der Waals surface area contributed by atoms with E-state index in [1.54, 1.807) is 31.9 Å². The molecule has 0 heterocycles. The fraction of sp³-hybridized carbons (Fsp3) is 0.769. The molecule has 0 saturated heterocycles. The summed E-state index contributed by atoms with van der Waals surface area (Å²) >= 11 is 0.